The molecule has 110 valence electrons. The van der Waals surface area contributed by atoms with E-state index < -0.39 is 0 Å². The third kappa shape index (κ3) is 3.70. The van der Waals surface area contributed by atoms with E-state index in [1.165, 1.54) is 12.1 Å². The second-order valence-electron chi connectivity index (χ2n) is 5.31. The van der Waals surface area contributed by atoms with Crippen LogP contribution in [-0.2, 0) is 4.79 Å². The fraction of sp³-hybridized carbons (Fsp3) is 0.533. The lowest BCUT2D eigenvalue weighted by Crippen LogP contribution is -2.38. The predicted octanol–water partition coefficient (Wildman–Crippen LogP) is 1.52. The number of rotatable bonds is 5. The molecule has 1 aliphatic rings. The lowest BCUT2D eigenvalue weighted by molar-refractivity contribution is -0.134. The third-order valence-corrected chi connectivity index (χ3v) is 3.70. The molecule has 1 aromatic carbocycles. The molecule has 1 heterocycles. The Bertz CT molecular complexity index is 467. The first-order valence-electron chi connectivity index (χ1n) is 6.92. The number of halogens is 1. The SMILES string of the molecule is CC1CNCC1C(=O)N(C)CCOc1cccc(F)c1. The number of carbonyl (C=O) groups is 1. The van der Waals surface area contributed by atoms with E-state index in [1.807, 2.05) is 0 Å². The molecule has 1 N–H and O–H groups in total. The van der Waals surface area contributed by atoms with E-state index in [4.69, 9.17) is 4.74 Å². The van der Waals surface area contributed by atoms with Crippen molar-refractivity contribution >= 4 is 5.91 Å². The number of benzene rings is 1. The zero-order chi connectivity index (χ0) is 14.5. The first-order chi connectivity index (χ1) is 9.58. The molecule has 4 nitrogen and oxygen atoms in total. The van der Waals surface area contributed by atoms with Gasteiger partial charge in [-0.3, -0.25) is 4.79 Å². The molecule has 0 bridgehead atoms. The molecule has 20 heavy (non-hydrogen) atoms. The number of nitrogens with one attached hydrogen (secondary N) is 1. The monoisotopic (exact) mass is 280 g/mol. The molecule has 2 unspecified atom stereocenters. The van der Waals surface area contributed by atoms with Crippen LogP contribution in [0.4, 0.5) is 4.39 Å². The second kappa shape index (κ2) is 6.70. The minimum absolute atomic E-state index is 0.0502. The molecule has 1 aromatic rings. The first kappa shape index (κ1) is 14.8. The number of hydrogen-bond donors (Lipinski definition) is 1. The molecular formula is C15H21FN2O2. The number of likely N-dealkylation sites (N-methyl/N-ethyl adjacent to an activating group) is 1. The minimum Gasteiger partial charge on any atom is -0.492 e. The van der Waals surface area contributed by atoms with Crippen molar-refractivity contribution in [3.8, 4) is 5.75 Å². The van der Waals surface area contributed by atoms with Gasteiger partial charge in [-0.2, -0.15) is 0 Å². The van der Waals surface area contributed by atoms with Crippen molar-refractivity contribution in [2.45, 2.75) is 6.92 Å². The Balaban J connectivity index is 1.77. The summed E-state index contributed by atoms with van der Waals surface area (Å²) in [6, 6.07) is 6.01. The number of amides is 1. The molecule has 0 spiro atoms. The van der Waals surface area contributed by atoms with Crippen molar-refractivity contribution in [1.82, 2.24) is 10.2 Å². The Labute approximate surface area is 118 Å². The summed E-state index contributed by atoms with van der Waals surface area (Å²) >= 11 is 0. The van der Waals surface area contributed by atoms with Crippen molar-refractivity contribution in [2.75, 3.05) is 33.3 Å². The maximum atomic E-state index is 13.0. The fourth-order valence-corrected chi connectivity index (χ4v) is 2.39. The van der Waals surface area contributed by atoms with Gasteiger partial charge < -0.3 is 15.0 Å². The molecular weight excluding hydrogens is 259 g/mol. The summed E-state index contributed by atoms with van der Waals surface area (Å²) in [5, 5.41) is 3.23. The Kier molecular flexibility index (Phi) is 4.95. The maximum absolute atomic E-state index is 13.0. The summed E-state index contributed by atoms with van der Waals surface area (Å²) in [6.07, 6.45) is 0. The predicted molar refractivity (Wildman–Crippen MR) is 75.1 cm³/mol. The lowest BCUT2D eigenvalue weighted by atomic mass is 9.97. The van der Waals surface area contributed by atoms with Crippen LogP contribution in [0.1, 0.15) is 6.92 Å². The smallest absolute Gasteiger partial charge is 0.227 e. The highest BCUT2D eigenvalue weighted by Gasteiger charge is 2.31. The molecule has 1 saturated heterocycles. The highest BCUT2D eigenvalue weighted by Crippen LogP contribution is 2.18. The first-order valence-corrected chi connectivity index (χ1v) is 6.92. The van der Waals surface area contributed by atoms with Crippen LogP contribution in [0.15, 0.2) is 24.3 Å². The van der Waals surface area contributed by atoms with Gasteiger partial charge in [0.05, 0.1) is 12.5 Å². The Morgan fingerprint density at radius 2 is 2.30 bits per heavy atom. The topological polar surface area (TPSA) is 41.6 Å². The van der Waals surface area contributed by atoms with Crippen LogP contribution in [0.3, 0.4) is 0 Å². The van der Waals surface area contributed by atoms with E-state index in [-0.39, 0.29) is 17.6 Å². The van der Waals surface area contributed by atoms with Gasteiger partial charge in [-0.1, -0.05) is 13.0 Å². The maximum Gasteiger partial charge on any atom is 0.227 e. The lowest BCUT2D eigenvalue weighted by Gasteiger charge is -2.23. The molecule has 0 aromatic heterocycles. The Hall–Kier alpha value is -1.62. The van der Waals surface area contributed by atoms with Crippen molar-refractivity contribution in [3.63, 3.8) is 0 Å². The van der Waals surface area contributed by atoms with Crippen LogP contribution in [0.2, 0.25) is 0 Å². The largest absolute Gasteiger partial charge is 0.492 e. The average Bonchev–Trinajstić information content (AvgIpc) is 2.84. The standard InChI is InChI=1S/C15H21FN2O2/c1-11-9-17-10-14(11)15(19)18(2)6-7-20-13-5-3-4-12(16)8-13/h3-5,8,11,14,17H,6-7,9-10H2,1-2H3. The summed E-state index contributed by atoms with van der Waals surface area (Å²) in [5.41, 5.74) is 0. The van der Waals surface area contributed by atoms with E-state index >= 15 is 0 Å². The molecule has 1 aliphatic heterocycles. The van der Waals surface area contributed by atoms with Gasteiger partial charge in [0.25, 0.3) is 0 Å². The highest BCUT2D eigenvalue weighted by atomic mass is 19.1. The van der Waals surface area contributed by atoms with Crippen LogP contribution < -0.4 is 10.1 Å². The van der Waals surface area contributed by atoms with Crippen molar-refractivity contribution in [1.29, 1.82) is 0 Å². The van der Waals surface area contributed by atoms with Gasteiger partial charge in [0, 0.05) is 19.7 Å². The zero-order valence-electron chi connectivity index (χ0n) is 11.9. The fourth-order valence-electron chi connectivity index (χ4n) is 2.39. The van der Waals surface area contributed by atoms with Gasteiger partial charge in [-0.15, -0.1) is 0 Å². The zero-order valence-corrected chi connectivity index (χ0v) is 11.9. The molecule has 1 amide bonds. The second-order valence-corrected chi connectivity index (χ2v) is 5.31. The number of nitrogens with zero attached hydrogens (tertiary/aromatic N) is 1. The Morgan fingerprint density at radius 3 is 2.95 bits per heavy atom. The van der Waals surface area contributed by atoms with E-state index in [1.54, 1.807) is 24.1 Å². The molecule has 0 saturated carbocycles. The summed E-state index contributed by atoms with van der Waals surface area (Å²) in [4.78, 5) is 13.9. The van der Waals surface area contributed by atoms with Gasteiger partial charge in [0.2, 0.25) is 5.91 Å². The summed E-state index contributed by atoms with van der Waals surface area (Å²) in [5.74, 6) is 0.730. The molecule has 0 aliphatic carbocycles. The van der Waals surface area contributed by atoms with Gasteiger partial charge in [-0.25, -0.2) is 4.39 Å². The quantitative estimate of drug-likeness (QED) is 0.889. The summed E-state index contributed by atoms with van der Waals surface area (Å²) in [7, 11) is 1.78. The van der Waals surface area contributed by atoms with Gasteiger partial charge in [-0.05, 0) is 24.6 Å². The van der Waals surface area contributed by atoms with Crippen molar-refractivity contribution in [3.05, 3.63) is 30.1 Å². The molecule has 5 heteroatoms. The third-order valence-electron chi connectivity index (χ3n) is 3.70. The summed E-state index contributed by atoms with van der Waals surface area (Å²) in [6.45, 7) is 4.58. The number of ether oxygens (including phenoxy) is 1. The van der Waals surface area contributed by atoms with Crippen molar-refractivity contribution < 1.29 is 13.9 Å². The van der Waals surface area contributed by atoms with E-state index in [0.29, 0.717) is 24.8 Å². The average molecular weight is 280 g/mol. The van der Waals surface area contributed by atoms with Gasteiger partial charge >= 0.3 is 0 Å². The Morgan fingerprint density at radius 1 is 1.50 bits per heavy atom. The van der Waals surface area contributed by atoms with Crippen LogP contribution >= 0.6 is 0 Å². The normalized spacial score (nSPS) is 21.8. The highest BCUT2D eigenvalue weighted by molar-refractivity contribution is 5.79. The van der Waals surface area contributed by atoms with Crippen LogP contribution in [0.5, 0.6) is 5.75 Å². The van der Waals surface area contributed by atoms with Crippen LogP contribution in [-0.4, -0.2) is 44.1 Å². The van der Waals surface area contributed by atoms with E-state index in [0.717, 1.165) is 13.1 Å². The molecule has 2 rings (SSSR count). The molecule has 1 fully saturated rings. The minimum atomic E-state index is -0.321. The van der Waals surface area contributed by atoms with Crippen LogP contribution in [0, 0.1) is 17.7 Å². The number of hydrogen-bond acceptors (Lipinski definition) is 3. The number of carbonyl (C=O) groups excluding carboxylic acids is 1. The molecule has 0 radical (unpaired) electrons. The van der Waals surface area contributed by atoms with E-state index in [2.05, 4.69) is 12.2 Å². The van der Waals surface area contributed by atoms with E-state index in [9.17, 15) is 9.18 Å². The van der Waals surface area contributed by atoms with Crippen LogP contribution in [0.25, 0.3) is 0 Å². The van der Waals surface area contributed by atoms with Gasteiger partial charge in [0.15, 0.2) is 0 Å². The summed E-state index contributed by atoms with van der Waals surface area (Å²) < 4.78 is 18.4. The van der Waals surface area contributed by atoms with Gasteiger partial charge in [0.1, 0.15) is 18.2 Å². The molecule has 2 atom stereocenters. The van der Waals surface area contributed by atoms with Crippen molar-refractivity contribution in [2.24, 2.45) is 11.8 Å².